The van der Waals surface area contributed by atoms with E-state index in [1.165, 1.54) is 11.1 Å². The number of methoxy groups -OCH3 is 1. The van der Waals surface area contributed by atoms with Gasteiger partial charge in [0.1, 0.15) is 6.61 Å². The molecule has 6 heteroatoms. The van der Waals surface area contributed by atoms with E-state index in [9.17, 15) is 0 Å². The van der Waals surface area contributed by atoms with Gasteiger partial charge in [-0.05, 0) is 42.3 Å². The maximum Gasteiger partial charge on any atom is 0.162 e. The lowest BCUT2D eigenvalue weighted by Crippen LogP contribution is -2.13. The molecule has 152 valence electrons. The zero-order chi connectivity index (χ0) is 20.8. The van der Waals surface area contributed by atoms with Crippen LogP contribution in [0.2, 0.25) is 10.0 Å². The second-order valence-corrected chi connectivity index (χ2v) is 8.41. The Morgan fingerprint density at radius 3 is 2.34 bits per heavy atom. The Bertz CT molecular complexity index is 977. The zero-order valence-corrected chi connectivity index (χ0v) is 19.4. The van der Waals surface area contributed by atoms with Crippen LogP contribution in [0.25, 0.3) is 0 Å². The Morgan fingerprint density at radius 2 is 1.66 bits per heavy atom. The summed E-state index contributed by atoms with van der Waals surface area (Å²) < 4.78 is 12.4. The summed E-state index contributed by atoms with van der Waals surface area (Å²) in [5.41, 5.74) is 4.46. The van der Waals surface area contributed by atoms with Crippen LogP contribution in [0.1, 0.15) is 22.3 Å². The second kappa shape index (κ2) is 10.4. The van der Waals surface area contributed by atoms with Gasteiger partial charge in [0.15, 0.2) is 11.5 Å². The van der Waals surface area contributed by atoms with E-state index in [0.717, 1.165) is 22.1 Å². The Hall–Kier alpha value is -1.72. The highest BCUT2D eigenvalue weighted by molar-refractivity contribution is 9.10. The maximum atomic E-state index is 6.23. The first-order valence-corrected chi connectivity index (χ1v) is 10.7. The first kappa shape index (κ1) is 22.0. The number of benzene rings is 3. The third kappa shape index (κ3) is 6.13. The van der Waals surface area contributed by atoms with E-state index in [1.807, 2.05) is 18.2 Å². The van der Waals surface area contributed by atoms with Gasteiger partial charge in [-0.15, -0.1) is 0 Å². The van der Waals surface area contributed by atoms with Crippen LogP contribution in [0, 0.1) is 6.92 Å². The summed E-state index contributed by atoms with van der Waals surface area (Å²) in [6, 6.07) is 17.8. The summed E-state index contributed by atoms with van der Waals surface area (Å²) in [6.45, 7) is 3.91. The van der Waals surface area contributed by atoms with Crippen molar-refractivity contribution in [2.45, 2.75) is 26.6 Å². The zero-order valence-electron chi connectivity index (χ0n) is 16.3. The molecule has 3 rings (SSSR count). The largest absolute Gasteiger partial charge is 0.493 e. The van der Waals surface area contributed by atoms with Crippen LogP contribution >= 0.6 is 39.1 Å². The van der Waals surface area contributed by atoms with Gasteiger partial charge in [0.25, 0.3) is 0 Å². The average Bonchev–Trinajstić information content (AvgIpc) is 2.70. The normalized spacial score (nSPS) is 10.8. The van der Waals surface area contributed by atoms with Gasteiger partial charge in [0, 0.05) is 33.2 Å². The van der Waals surface area contributed by atoms with Crippen LogP contribution in [0.15, 0.2) is 59.1 Å². The molecule has 3 nitrogen and oxygen atoms in total. The molecule has 0 aromatic heterocycles. The highest BCUT2D eigenvalue weighted by atomic mass is 79.9. The van der Waals surface area contributed by atoms with E-state index in [1.54, 1.807) is 19.2 Å². The van der Waals surface area contributed by atoms with E-state index in [0.29, 0.717) is 34.7 Å². The van der Waals surface area contributed by atoms with Crippen molar-refractivity contribution in [1.82, 2.24) is 5.32 Å². The summed E-state index contributed by atoms with van der Waals surface area (Å²) in [7, 11) is 1.63. The Morgan fingerprint density at radius 1 is 0.897 bits per heavy atom. The molecule has 0 amide bonds. The van der Waals surface area contributed by atoms with Crippen molar-refractivity contribution in [2.75, 3.05) is 7.11 Å². The summed E-state index contributed by atoms with van der Waals surface area (Å²) in [5, 5.41) is 4.64. The van der Waals surface area contributed by atoms with Crippen molar-refractivity contribution >= 4 is 39.1 Å². The molecule has 29 heavy (non-hydrogen) atoms. The first-order valence-electron chi connectivity index (χ1n) is 9.15. The van der Waals surface area contributed by atoms with Crippen LogP contribution in [-0.2, 0) is 19.7 Å². The van der Waals surface area contributed by atoms with Gasteiger partial charge < -0.3 is 14.8 Å². The van der Waals surface area contributed by atoms with Gasteiger partial charge in [-0.1, -0.05) is 75.0 Å². The SMILES string of the molecule is COc1cc(CNCc2ccc(C)cc2)c(Br)cc1OCc1ccc(Cl)cc1Cl. The third-order valence-electron chi connectivity index (χ3n) is 4.50. The van der Waals surface area contributed by atoms with E-state index in [4.69, 9.17) is 32.7 Å². The monoisotopic (exact) mass is 493 g/mol. The molecule has 3 aromatic rings. The van der Waals surface area contributed by atoms with Crippen molar-refractivity contribution < 1.29 is 9.47 Å². The number of halogens is 3. The van der Waals surface area contributed by atoms with Crippen LogP contribution in [-0.4, -0.2) is 7.11 Å². The molecule has 0 saturated carbocycles. The van der Waals surface area contributed by atoms with E-state index < -0.39 is 0 Å². The highest BCUT2D eigenvalue weighted by Crippen LogP contribution is 2.34. The molecule has 0 bridgehead atoms. The highest BCUT2D eigenvalue weighted by Gasteiger charge is 2.12. The minimum Gasteiger partial charge on any atom is -0.493 e. The topological polar surface area (TPSA) is 30.5 Å². The van der Waals surface area contributed by atoms with E-state index in [2.05, 4.69) is 52.4 Å². The summed E-state index contributed by atoms with van der Waals surface area (Å²) >= 11 is 15.8. The van der Waals surface area contributed by atoms with Gasteiger partial charge in [-0.3, -0.25) is 0 Å². The lowest BCUT2D eigenvalue weighted by atomic mass is 10.1. The fraction of sp³-hybridized carbons (Fsp3) is 0.217. The molecule has 0 radical (unpaired) electrons. The predicted octanol–water partition coefficient (Wildman–Crippen LogP) is 6.94. The molecule has 0 saturated heterocycles. The predicted molar refractivity (Wildman–Crippen MR) is 123 cm³/mol. The molecule has 1 N–H and O–H groups in total. The van der Waals surface area contributed by atoms with Crippen LogP contribution in [0.3, 0.4) is 0 Å². The summed E-state index contributed by atoms with van der Waals surface area (Å²) in [6.07, 6.45) is 0. The fourth-order valence-corrected chi connectivity index (χ4v) is 3.75. The van der Waals surface area contributed by atoms with Crippen molar-refractivity contribution in [3.8, 4) is 11.5 Å². The third-order valence-corrected chi connectivity index (χ3v) is 5.82. The molecule has 0 heterocycles. The van der Waals surface area contributed by atoms with Crippen LogP contribution in [0.5, 0.6) is 11.5 Å². The second-order valence-electron chi connectivity index (χ2n) is 6.71. The van der Waals surface area contributed by atoms with E-state index in [-0.39, 0.29) is 0 Å². The summed E-state index contributed by atoms with van der Waals surface area (Å²) in [4.78, 5) is 0. The van der Waals surface area contributed by atoms with Crippen molar-refractivity contribution in [2.24, 2.45) is 0 Å². The van der Waals surface area contributed by atoms with Crippen molar-refractivity contribution in [3.05, 3.63) is 91.4 Å². The minimum atomic E-state index is 0.323. The molecule has 0 aliphatic rings. The van der Waals surface area contributed by atoms with Crippen LogP contribution < -0.4 is 14.8 Å². The Balaban J connectivity index is 1.65. The fourth-order valence-electron chi connectivity index (χ4n) is 2.83. The van der Waals surface area contributed by atoms with Gasteiger partial charge in [-0.2, -0.15) is 0 Å². The Labute approximate surface area is 190 Å². The summed E-state index contributed by atoms with van der Waals surface area (Å²) in [5.74, 6) is 1.32. The molecule has 0 atom stereocenters. The Kier molecular flexibility index (Phi) is 7.84. The average molecular weight is 495 g/mol. The van der Waals surface area contributed by atoms with Gasteiger partial charge >= 0.3 is 0 Å². The number of hydrogen-bond donors (Lipinski definition) is 1. The molecule has 3 aromatic carbocycles. The lowest BCUT2D eigenvalue weighted by Gasteiger charge is -2.15. The number of ether oxygens (including phenoxy) is 2. The molecular weight excluding hydrogens is 473 g/mol. The van der Waals surface area contributed by atoms with Gasteiger partial charge in [0.2, 0.25) is 0 Å². The quantitative estimate of drug-likeness (QED) is 0.367. The van der Waals surface area contributed by atoms with E-state index >= 15 is 0 Å². The molecular formula is C23H22BrCl2NO2. The van der Waals surface area contributed by atoms with Crippen molar-refractivity contribution in [1.29, 1.82) is 0 Å². The maximum absolute atomic E-state index is 6.23. The number of aryl methyl sites for hydroxylation is 1. The molecule has 0 aliphatic carbocycles. The van der Waals surface area contributed by atoms with Crippen LogP contribution in [0.4, 0.5) is 0 Å². The molecule has 0 unspecified atom stereocenters. The van der Waals surface area contributed by atoms with Crippen molar-refractivity contribution in [3.63, 3.8) is 0 Å². The standard InChI is InChI=1S/C23H22BrCl2NO2/c1-15-3-5-16(6-4-15)12-27-13-18-9-22(28-2)23(11-20(18)24)29-14-17-7-8-19(25)10-21(17)26/h3-11,27H,12-14H2,1-2H3. The minimum absolute atomic E-state index is 0.323. The number of nitrogens with one attached hydrogen (secondary N) is 1. The lowest BCUT2D eigenvalue weighted by molar-refractivity contribution is 0.284. The first-order chi connectivity index (χ1) is 14.0. The number of hydrogen-bond acceptors (Lipinski definition) is 3. The van der Waals surface area contributed by atoms with Gasteiger partial charge in [-0.25, -0.2) is 0 Å². The molecule has 0 fully saturated rings. The smallest absolute Gasteiger partial charge is 0.162 e. The van der Waals surface area contributed by atoms with Gasteiger partial charge in [0.05, 0.1) is 7.11 Å². The molecule has 0 spiro atoms. The molecule has 0 aliphatic heterocycles. The number of rotatable bonds is 8.